The summed E-state index contributed by atoms with van der Waals surface area (Å²) < 4.78 is 1.51. The number of likely N-dealkylation sites (N-methyl/N-ethyl adjacent to an activating group) is 1. The third-order valence-electron chi connectivity index (χ3n) is 2.07. The van der Waals surface area contributed by atoms with Crippen LogP contribution in [0.25, 0.3) is 0 Å². The zero-order valence-electron chi connectivity index (χ0n) is 8.88. The molecule has 1 aromatic rings. The fourth-order valence-electron chi connectivity index (χ4n) is 1.03. The van der Waals surface area contributed by atoms with Crippen molar-refractivity contribution in [2.24, 2.45) is 0 Å². The maximum Gasteiger partial charge on any atom is 0.404 e. The average Bonchev–Trinajstić information content (AvgIpc) is 2.58. The fourth-order valence-corrected chi connectivity index (χ4v) is 1.49. The Kier molecular flexibility index (Phi) is 3.99. The van der Waals surface area contributed by atoms with E-state index in [1.165, 1.54) is 15.8 Å². The van der Waals surface area contributed by atoms with Crippen molar-refractivity contribution in [3.05, 3.63) is 20.8 Å². The number of nitro groups is 1. The number of hydrogen-bond donors (Lipinski definition) is 0. The first-order chi connectivity index (χ1) is 7.45. The molecule has 0 spiro atoms. The SMILES string of the molecule is CCN(C)C(=O)Cn1cc(Br)c([N+](=O)[O-])n1. The fraction of sp³-hybridized carbons (Fsp3) is 0.500. The normalized spacial score (nSPS) is 10.2. The third-order valence-corrected chi connectivity index (χ3v) is 2.63. The molecule has 16 heavy (non-hydrogen) atoms. The molecule has 0 aliphatic carbocycles. The van der Waals surface area contributed by atoms with Gasteiger partial charge in [-0.1, -0.05) is 0 Å². The first-order valence-corrected chi connectivity index (χ1v) is 5.36. The van der Waals surface area contributed by atoms with E-state index < -0.39 is 4.92 Å². The molecular formula is C8H11BrN4O3. The van der Waals surface area contributed by atoms with Crippen LogP contribution >= 0.6 is 15.9 Å². The van der Waals surface area contributed by atoms with E-state index in [9.17, 15) is 14.9 Å². The first kappa shape index (κ1) is 12.6. The summed E-state index contributed by atoms with van der Waals surface area (Å²) in [4.78, 5) is 22.9. The minimum Gasteiger partial charge on any atom is -0.358 e. The molecule has 0 atom stereocenters. The monoisotopic (exact) mass is 290 g/mol. The molecular weight excluding hydrogens is 280 g/mol. The Hall–Kier alpha value is -1.44. The Balaban J connectivity index is 2.79. The van der Waals surface area contributed by atoms with Gasteiger partial charge in [0.25, 0.3) is 0 Å². The quantitative estimate of drug-likeness (QED) is 0.613. The molecule has 0 aromatic carbocycles. The van der Waals surface area contributed by atoms with Crippen molar-refractivity contribution in [3.63, 3.8) is 0 Å². The van der Waals surface area contributed by atoms with Gasteiger partial charge in [-0.3, -0.25) is 4.79 Å². The van der Waals surface area contributed by atoms with E-state index >= 15 is 0 Å². The number of carbonyl (C=O) groups is 1. The molecule has 0 aliphatic rings. The number of hydrogen-bond acceptors (Lipinski definition) is 4. The molecule has 8 heteroatoms. The van der Waals surface area contributed by atoms with Crippen molar-refractivity contribution >= 4 is 27.7 Å². The number of carbonyl (C=O) groups excluding carboxylic acids is 1. The van der Waals surface area contributed by atoms with E-state index in [-0.39, 0.29) is 22.7 Å². The van der Waals surface area contributed by atoms with Crippen LogP contribution in [0.5, 0.6) is 0 Å². The summed E-state index contributed by atoms with van der Waals surface area (Å²) in [6.07, 6.45) is 1.42. The van der Waals surface area contributed by atoms with Gasteiger partial charge in [-0.2, -0.15) is 4.68 Å². The highest BCUT2D eigenvalue weighted by Gasteiger charge is 2.20. The Morgan fingerprint density at radius 3 is 2.81 bits per heavy atom. The van der Waals surface area contributed by atoms with Gasteiger partial charge >= 0.3 is 5.82 Å². The van der Waals surface area contributed by atoms with Crippen LogP contribution in [0.1, 0.15) is 6.92 Å². The van der Waals surface area contributed by atoms with Gasteiger partial charge in [0.1, 0.15) is 11.0 Å². The van der Waals surface area contributed by atoms with Gasteiger partial charge in [-0.05, 0) is 27.8 Å². The summed E-state index contributed by atoms with van der Waals surface area (Å²) in [5.74, 6) is -0.431. The molecule has 0 bridgehead atoms. The Bertz CT molecular complexity index is 417. The molecule has 0 unspecified atom stereocenters. The first-order valence-electron chi connectivity index (χ1n) is 4.57. The molecule has 7 nitrogen and oxygen atoms in total. The van der Waals surface area contributed by atoms with Gasteiger partial charge in [0, 0.05) is 13.6 Å². The minimum absolute atomic E-state index is 0.00319. The van der Waals surface area contributed by atoms with Crippen LogP contribution in [0.15, 0.2) is 10.7 Å². The molecule has 0 saturated heterocycles. The lowest BCUT2D eigenvalue weighted by Crippen LogP contribution is -2.30. The van der Waals surface area contributed by atoms with Crippen LogP contribution in [-0.2, 0) is 11.3 Å². The largest absolute Gasteiger partial charge is 0.404 e. The van der Waals surface area contributed by atoms with Crippen molar-refractivity contribution in [1.82, 2.24) is 14.7 Å². The van der Waals surface area contributed by atoms with E-state index in [4.69, 9.17) is 0 Å². The number of aromatic nitrogens is 2. The van der Waals surface area contributed by atoms with Gasteiger partial charge in [0.15, 0.2) is 0 Å². The highest BCUT2D eigenvalue weighted by Crippen LogP contribution is 2.21. The second-order valence-electron chi connectivity index (χ2n) is 3.16. The van der Waals surface area contributed by atoms with Crippen LogP contribution in [0.4, 0.5) is 5.82 Å². The topological polar surface area (TPSA) is 81.3 Å². The van der Waals surface area contributed by atoms with Crippen molar-refractivity contribution in [1.29, 1.82) is 0 Å². The summed E-state index contributed by atoms with van der Waals surface area (Å²) in [6.45, 7) is 2.43. The van der Waals surface area contributed by atoms with Crippen LogP contribution in [0.3, 0.4) is 0 Å². The van der Waals surface area contributed by atoms with Crippen molar-refractivity contribution in [2.75, 3.05) is 13.6 Å². The Morgan fingerprint density at radius 1 is 1.75 bits per heavy atom. The summed E-state index contributed by atoms with van der Waals surface area (Å²) in [7, 11) is 1.66. The van der Waals surface area contributed by atoms with E-state index in [1.54, 1.807) is 7.05 Å². The predicted octanol–water partition coefficient (Wildman–Crippen LogP) is 1.03. The van der Waals surface area contributed by atoms with E-state index in [2.05, 4.69) is 21.0 Å². The smallest absolute Gasteiger partial charge is 0.358 e. The maximum atomic E-state index is 11.5. The molecule has 0 N–H and O–H groups in total. The Labute approximate surface area is 100 Å². The number of amides is 1. The lowest BCUT2D eigenvalue weighted by molar-refractivity contribution is -0.390. The summed E-state index contributed by atoms with van der Waals surface area (Å²) >= 11 is 3.01. The van der Waals surface area contributed by atoms with E-state index in [0.717, 1.165) is 0 Å². The van der Waals surface area contributed by atoms with Crippen LogP contribution in [-0.4, -0.2) is 39.1 Å². The highest BCUT2D eigenvalue weighted by molar-refractivity contribution is 9.10. The Morgan fingerprint density at radius 2 is 2.38 bits per heavy atom. The summed E-state index contributed by atoms with van der Waals surface area (Å²) in [5.41, 5.74) is 0. The van der Waals surface area contributed by atoms with Gasteiger partial charge in [-0.15, -0.1) is 0 Å². The zero-order valence-corrected chi connectivity index (χ0v) is 10.5. The molecule has 1 aromatic heterocycles. The predicted molar refractivity (Wildman–Crippen MR) is 59.9 cm³/mol. The van der Waals surface area contributed by atoms with Crippen LogP contribution in [0, 0.1) is 10.1 Å². The average molecular weight is 291 g/mol. The summed E-state index contributed by atoms with van der Waals surface area (Å²) in [6, 6.07) is 0. The van der Waals surface area contributed by atoms with Gasteiger partial charge in [0.05, 0.1) is 11.3 Å². The van der Waals surface area contributed by atoms with Gasteiger partial charge in [-0.25, -0.2) is 0 Å². The molecule has 1 rings (SSSR count). The summed E-state index contributed by atoms with van der Waals surface area (Å²) in [5, 5.41) is 14.2. The number of nitrogens with zero attached hydrogens (tertiary/aromatic N) is 4. The third kappa shape index (κ3) is 2.78. The number of halogens is 1. The molecule has 1 heterocycles. The molecule has 88 valence electrons. The second kappa shape index (κ2) is 5.06. The van der Waals surface area contributed by atoms with Crippen molar-refractivity contribution < 1.29 is 9.72 Å². The van der Waals surface area contributed by atoms with E-state index in [1.807, 2.05) is 6.92 Å². The van der Waals surface area contributed by atoms with Crippen LogP contribution < -0.4 is 0 Å². The zero-order chi connectivity index (χ0) is 12.3. The number of rotatable bonds is 4. The standard InChI is InChI=1S/C8H11BrN4O3/c1-3-11(2)7(14)5-12-4-6(9)8(10-12)13(15)16/h4H,3,5H2,1-2H3. The highest BCUT2D eigenvalue weighted by atomic mass is 79.9. The van der Waals surface area contributed by atoms with Crippen LogP contribution in [0.2, 0.25) is 0 Å². The molecule has 0 saturated carbocycles. The van der Waals surface area contributed by atoms with Gasteiger partial charge in [0.2, 0.25) is 5.91 Å². The lowest BCUT2D eigenvalue weighted by atomic mass is 10.5. The molecule has 1 amide bonds. The molecule has 0 aliphatic heterocycles. The minimum atomic E-state index is -0.603. The molecule has 0 fully saturated rings. The molecule has 0 radical (unpaired) electrons. The van der Waals surface area contributed by atoms with Crippen molar-refractivity contribution in [2.45, 2.75) is 13.5 Å². The van der Waals surface area contributed by atoms with Crippen molar-refractivity contribution in [3.8, 4) is 0 Å². The van der Waals surface area contributed by atoms with E-state index in [0.29, 0.717) is 6.54 Å². The second-order valence-corrected chi connectivity index (χ2v) is 4.02. The van der Waals surface area contributed by atoms with Gasteiger partial charge < -0.3 is 15.0 Å². The lowest BCUT2D eigenvalue weighted by Gasteiger charge is -2.12. The maximum absolute atomic E-state index is 11.5.